The fourth-order valence-electron chi connectivity index (χ4n) is 2.03. The molecular weight excluding hydrogens is 292 g/mol. The van der Waals surface area contributed by atoms with Crippen molar-refractivity contribution in [3.05, 3.63) is 62.7 Å². The monoisotopic (exact) mass is 306 g/mol. The third-order valence-corrected chi connectivity index (χ3v) is 3.30. The fourth-order valence-corrected chi connectivity index (χ4v) is 2.22. The molecule has 0 amide bonds. The summed E-state index contributed by atoms with van der Waals surface area (Å²) >= 11 is 5.97. The summed E-state index contributed by atoms with van der Waals surface area (Å²) in [6.07, 6.45) is 0. The number of nitro benzene ring substituents is 1. The maximum Gasteiger partial charge on any atom is 0.292 e. The van der Waals surface area contributed by atoms with Crippen LogP contribution in [0.1, 0.15) is 11.1 Å². The summed E-state index contributed by atoms with van der Waals surface area (Å²) in [5, 5.41) is 14.7. The van der Waals surface area contributed by atoms with Crippen LogP contribution in [-0.2, 0) is 6.54 Å². The standard InChI is InChI=1S/C15H15ClN2O3/c1-10-3-5-14(18(19)20)13(7-10)17-9-11-8-12(16)4-6-15(11)21-2/h3-8,17H,9H2,1-2H3. The maximum atomic E-state index is 11.0. The van der Waals surface area contributed by atoms with E-state index in [4.69, 9.17) is 16.3 Å². The quantitative estimate of drug-likeness (QED) is 0.665. The summed E-state index contributed by atoms with van der Waals surface area (Å²) in [6.45, 7) is 2.27. The highest BCUT2D eigenvalue weighted by molar-refractivity contribution is 6.30. The lowest BCUT2D eigenvalue weighted by Crippen LogP contribution is -2.04. The number of methoxy groups -OCH3 is 1. The first-order valence-corrected chi connectivity index (χ1v) is 6.70. The number of hydrogen-bond acceptors (Lipinski definition) is 4. The lowest BCUT2D eigenvalue weighted by atomic mass is 10.1. The van der Waals surface area contributed by atoms with Crippen molar-refractivity contribution >= 4 is 23.0 Å². The molecule has 0 aliphatic heterocycles. The Morgan fingerprint density at radius 3 is 2.71 bits per heavy atom. The number of nitrogens with one attached hydrogen (secondary N) is 1. The second kappa shape index (κ2) is 6.45. The molecule has 2 rings (SSSR count). The van der Waals surface area contributed by atoms with E-state index in [1.165, 1.54) is 6.07 Å². The second-order valence-electron chi connectivity index (χ2n) is 4.59. The number of anilines is 1. The lowest BCUT2D eigenvalue weighted by Gasteiger charge is -2.11. The van der Waals surface area contributed by atoms with Crippen LogP contribution >= 0.6 is 11.6 Å². The first-order chi connectivity index (χ1) is 10.0. The van der Waals surface area contributed by atoms with Gasteiger partial charge < -0.3 is 10.1 Å². The van der Waals surface area contributed by atoms with Crippen LogP contribution in [-0.4, -0.2) is 12.0 Å². The maximum absolute atomic E-state index is 11.0. The minimum absolute atomic E-state index is 0.0431. The minimum Gasteiger partial charge on any atom is -0.496 e. The Bertz CT molecular complexity index is 674. The Hall–Kier alpha value is -2.27. The summed E-state index contributed by atoms with van der Waals surface area (Å²) in [6, 6.07) is 10.2. The molecule has 0 aliphatic rings. The van der Waals surface area contributed by atoms with E-state index in [9.17, 15) is 10.1 Å². The molecule has 2 aromatic carbocycles. The van der Waals surface area contributed by atoms with E-state index in [0.29, 0.717) is 23.0 Å². The van der Waals surface area contributed by atoms with Crippen LogP contribution in [0.5, 0.6) is 5.75 Å². The molecule has 0 radical (unpaired) electrons. The van der Waals surface area contributed by atoms with E-state index in [0.717, 1.165) is 11.1 Å². The molecule has 0 aliphatic carbocycles. The van der Waals surface area contributed by atoms with Crippen LogP contribution in [0.25, 0.3) is 0 Å². The third kappa shape index (κ3) is 3.64. The Morgan fingerprint density at radius 2 is 2.05 bits per heavy atom. The molecule has 21 heavy (non-hydrogen) atoms. The van der Waals surface area contributed by atoms with Crippen molar-refractivity contribution < 1.29 is 9.66 Å². The fraction of sp³-hybridized carbons (Fsp3) is 0.200. The van der Waals surface area contributed by atoms with E-state index >= 15 is 0 Å². The van der Waals surface area contributed by atoms with Crippen molar-refractivity contribution in [2.45, 2.75) is 13.5 Å². The number of aryl methyl sites for hydroxylation is 1. The molecule has 0 aromatic heterocycles. The van der Waals surface area contributed by atoms with Crippen molar-refractivity contribution in [2.75, 3.05) is 12.4 Å². The first kappa shape index (κ1) is 15.1. The zero-order valence-electron chi connectivity index (χ0n) is 11.7. The number of halogens is 1. The Morgan fingerprint density at radius 1 is 1.29 bits per heavy atom. The molecular formula is C15H15ClN2O3. The van der Waals surface area contributed by atoms with Crippen molar-refractivity contribution in [1.29, 1.82) is 0 Å². The number of nitro groups is 1. The topological polar surface area (TPSA) is 64.4 Å². The van der Waals surface area contributed by atoms with Gasteiger partial charge in [0.1, 0.15) is 11.4 Å². The van der Waals surface area contributed by atoms with Crippen molar-refractivity contribution in [1.82, 2.24) is 0 Å². The second-order valence-corrected chi connectivity index (χ2v) is 5.02. The number of benzene rings is 2. The third-order valence-electron chi connectivity index (χ3n) is 3.06. The zero-order valence-corrected chi connectivity index (χ0v) is 12.5. The summed E-state index contributed by atoms with van der Waals surface area (Å²) in [4.78, 5) is 10.6. The van der Waals surface area contributed by atoms with Crippen LogP contribution in [0.4, 0.5) is 11.4 Å². The molecule has 2 aromatic rings. The van der Waals surface area contributed by atoms with Crippen molar-refractivity contribution in [3.8, 4) is 5.75 Å². The van der Waals surface area contributed by atoms with E-state index in [-0.39, 0.29) is 5.69 Å². The average Bonchev–Trinajstić information content (AvgIpc) is 2.45. The van der Waals surface area contributed by atoms with Gasteiger partial charge in [0.05, 0.1) is 12.0 Å². The van der Waals surface area contributed by atoms with Gasteiger partial charge in [0.2, 0.25) is 0 Å². The predicted octanol–water partition coefficient (Wildman–Crippen LogP) is 4.18. The molecule has 110 valence electrons. The normalized spacial score (nSPS) is 10.2. The van der Waals surface area contributed by atoms with E-state index < -0.39 is 4.92 Å². The van der Waals surface area contributed by atoms with Gasteiger partial charge in [-0.25, -0.2) is 0 Å². The molecule has 0 spiro atoms. The number of nitrogens with zero attached hydrogens (tertiary/aromatic N) is 1. The summed E-state index contributed by atoms with van der Waals surface area (Å²) in [5.41, 5.74) is 2.30. The highest BCUT2D eigenvalue weighted by Crippen LogP contribution is 2.28. The van der Waals surface area contributed by atoms with Crippen molar-refractivity contribution in [2.24, 2.45) is 0 Å². The summed E-state index contributed by atoms with van der Waals surface area (Å²) < 4.78 is 5.26. The summed E-state index contributed by atoms with van der Waals surface area (Å²) in [7, 11) is 1.57. The van der Waals surface area contributed by atoms with Crippen LogP contribution in [0.3, 0.4) is 0 Å². The molecule has 6 heteroatoms. The Balaban J connectivity index is 2.26. The van der Waals surface area contributed by atoms with E-state index in [1.54, 1.807) is 37.4 Å². The first-order valence-electron chi connectivity index (χ1n) is 6.32. The van der Waals surface area contributed by atoms with Gasteiger partial charge in [-0.1, -0.05) is 17.7 Å². The molecule has 0 saturated carbocycles. The van der Waals surface area contributed by atoms with Gasteiger partial charge in [-0.05, 0) is 36.8 Å². The van der Waals surface area contributed by atoms with E-state index in [1.807, 2.05) is 6.92 Å². The Labute approximate surface area is 127 Å². The molecule has 0 bridgehead atoms. The number of ether oxygens (including phenoxy) is 1. The molecule has 0 heterocycles. The largest absolute Gasteiger partial charge is 0.496 e. The number of hydrogen-bond donors (Lipinski definition) is 1. The highest BCUT2D eigenvalue weighted by Gasteiger charge is 2.14. The van der Waals surface area contributed by atoms with Gasteiger partial charge in [0, 0.05) is 23.2 Å². The lowest BCUT2D eigenvalue weighted by molar-refractivity contribution is -0.384. The molecule has 0 unspecified atom stereocenters. The smallest absolute Gasteiger partial charge is 0.292 e. The van der Waals surface area contributed by atoms with Gasteiger partial charge in [-0.3, -0.25) is 10.1 Å². The highest BCUT2D eigenvalue weighted by atomic mass is 35.5. The molecule has 0 saturated heterocycles. The van der Waals surface area contributed by atoms with Gasteiger partial charge in [0.15, 0.2) is 0 Å². The van der Waals surface area contributed by atoms with Crippen LogP contribution in [0.2, 0.25) is 5.02 Å². The number of rotatable bonds is 5. The van der Waals surface area contributed by atoms with Crippen LogP contribution < -0.4 is 10.1 Å². The molecule has 5 nitrogen and oxygen atoms in total. The van der Waals surface area contributed by atoms with Crippen molar-refractivity contribution in [3.63, 3.8) is 0 Å². The van der Waals surface area contributed by atoms with Gasteiger partial charge >= 0.3 is 0 Å². The molecule has 1 N–H and O–H groups in total. The van der Waals surface area contributed by atoms with Crippen LogP contribution in [0, 0.1) is 17.0 Å². The SMILES string of the molecule is COc1ccc(Cl)cc1CNc1cc(C)ccc1[N+](=O)[O-]. The molecule has 0 fully saturated rings. The Kier molecular flexibility index (Phi) is 4.65. The predicted molar refractivity (Wildman–Crippen MR) is 83.2 cm³/mol. The van der Waals surface area contributed by atoms with Gasteiger partial charge in [-0.2, -0.15) is 0 Å². The zero-order chi connectivity index (χ0) is 15.4. The van der Waals surface area contributed by atoms with Gasteiger partial charge in [0.25, 0.3) is 5.69 Å². The average molecular weight is 307 g/mol. The van der Waals surface area contributed by atoms with Gasteiger partial charge in [-0.15, -0.1) is 0 Å². The van der Waals surface area contributed by atoms with E-state index in [2.05, 4.69) is 5.32 Å². The van der Waals surface area contributed by atoms with Crippen LogP contribution in [0.15, 0.2) is 36.4 Å². The molecule has 0 atom stereocenters. The minimum atomic E-state index is -0.406. The summed E-state index contributed by atoms with van der Waals surface area (Å²) in [5.74, 6) is 0.683.